The number of carbonyl (C=O) groups is 2. The van der Waals surface area contributed by atoms with Gasteiger partial charge in [0.05, 0.1) is 12.2 Å². The van der Waals surface area contributed by atoms with Crippen LogP contribution in [0.4, 0.5) is 0 Å². The number of carbonyl (C=O) groups excluding carboxylic acids is 2. The summed E-state index contributed by atoms with van der Waals surface area (Å²) in [6.45, 7) is 8.02. The Hall–Kier alpha value is -2.63. The molecule has 144 valence electrons. The van der Waals surface area contributed by atoms with Gasteiger partial charge in [0, 0.05) is 24.3 Å². The quantitative estimate of drug-likeness (QED) is 0.882. The van der Waals surface area contributed by atoms with Crippen molar-refractivity contribution < 1.29 is 9.59 Å². The Kier molecular flexibility index (Phi) is 5.94. The second-order valence-electron chi connectivity index (χ2n) is 7.36. The molecule has 0 aliphatic carbocycles. The van der Waals surface area contributed by atoms with E-state index in [0.717, 1.165) is 42.9 Å². The minimum atomic E-state index is -0.509. The zero-order chi connectivity index (χ0) is 19.4. The fraction of sp³-hybridized carbons (Fsp3) is 0.476. The van der Waals surface area contributed by atoms with Crippen molar-refractivity contribution in [1.82, 2.24) is 20.0 Å². The van der Waals surface area contributed by atoms with Gasteiger partial charge in [-0.05, 0) is 63.8 Å². The van der Waals surface area contributed by atoms with Gasteiger partial charge in [0.15, 0.2) is 0 Å². The van der Waals surface area contributed by atoms with E-state index < -0.39 is 6.04 Å². The van der Waals surface area contributed by atoms with Gasteiger partial charge in [0.1, 0.15) is 6.04 Å². The highest BCUT2D eigenvalue weighted by Gasteiger charge is 2.23. The van der Waals surface area contributed by atoms with Gasteiger partial charge >= 0.3 is 0 Å². The Morgan fingerprint density at radius 3 is 2.37 bits per heavy atom. The van der Waals surface area contributed by atoms with E-state index in [1.54, 1.807) is 19.1 Å². The second kappa shape index (κ2) is 8.37. The van der Waals surface area contributed by atoms with Crippen LogP contribution in [0.2, 0.25) is 0 Å². The predicted molar refractivity (Wildman–Crippen MR) is 105 cm³/mol. The average molecular weight is 368 g/mol. The summed E-state index contributed by atoms with van der Waals surface area (Å²) in [5.41, 5.74) is 3.75. The lowest BCUT2D eigenvalue weighted by atomic mass is 10.1. The lowest BCUT2D eigenvalue weighted by Gasteiger charge is -2.29. The first-order valence-corrected chi connectivity index (χ1v) is 9.63. The van der Waals surface area contributed by atoms with E-state index in [-0.39, 0.29) is 11.8 Å². The molecule has 1 aromatic heterocycles. The topological polar surface area (TPSA) is 67.2 Å². The minimum absolute atomic E-state index is 0.00389. The van der Waals surface area contributed by atoms with E-state index in [9.17, 15) is 9.59 Å². The molecular formula is C21H28N4O2. The highest BCUT2D eigenvalue weighted by molar-refractivity contribution is 5.97. The number of nitrogens with one attached hydrogen (secondary N) is 1. The normalized spacial score (nSPS) is 15.4. The van der Waals surface area contributed by atoms with Gasteiger partial charge in [-0.25, -0.2) is 0 Å². The molecule has 0 saturated carbocycles. The van der Waals surface area contributed by atoms with E-state index in [1.165, 1.54) is 6.42 Å². The zero-order valence-corrected chi connectivity index (χ0v) is 16.4. The molecule has 1 N–H and O–H groups in total. The van der Waals surface area contributed by atoms with Crippen LogP contribution < -0.4 is 5.32 Å². The van der Waals surface area contributed by atoms with Gasteiger partial charge < -0.3 is 10.2 Å². The van der Waals surface area contributed by atoms with E-state index >= 15 is 0 Å². The SMILES string of the molecule is Cc1cc(C)n(Cc2ccc(C(=O)NC(C)C(=O)N3CCCCC3)cc2)n1. The van der Waals surface area contributed by atoms with Crippen LogP contribution in [0.5, 0.6) is 0 Å². The van der Waals surface area contributed by atoms with Crippen LogP contribution in [0.1, 0.15) is 53.5 Å². The third-order valence-corrected chi connectivity index (χ3v) is 5.04. The minimum Gasteiger partial charge on any atom is -0.341 e. The number of rotatable bonds is 5. The number of aromatic nitrogens is 2. The molecule has 1 aliphatic heterocycles. The van der Waals surface area contributed by atoms with Crippen molar-refractivity contribution in [2.24, 2.45) is 0 Å². The van der Waals surface area contributed by atoms with Gasteiger partial charge in [-0.3, -0.25) is 14.3 Å². The molecule has 2 heterocycles. The van der Waals surface area contributed by atoms with Crippen molar-refractivity contribution in [3.05, 3.63) is 52.8 Å². The molecule has 1 saturated heterocycles. The number of hydrogen-bond donors (Lipinski definition) is 1. The first-order chi connectivity index (χ1) is 12.9. The van der Waals surface area contributed by atoms with Crippen molar-refractivity contribution >= 4 is 11.8 Å². The molecule has 0 spiro atoms. The molecule has 1 unspecified atom stereocenters. The third kappa shape index (κ3) is 4.76. The third-order valence-electron chi connectivity index (χ3n) is 5.04. The molecule has 3 rings (SSSR count). The van der Waals surface area contributed by atoms with Gasteiger partial charge in [-0.1, -0.05) is 12.1 Å². The summed E-state index contributed by atoms with van der Waals surface area (Å²) in [5, 5.41) is 7.29. The van der Waals surface area contributed by atoms with Crippen LogP contribution in [-0.4, -0.2) is 45.6 Å². The number of nitrogens with zero attached hydrogens (tertiary/aromatic N) is 3. The molecule has 6 nitrogen and oxygen atoms in total. The van der Waals surface area contributed by atoms with Crippen LogP contribution >= 0.6 is 0 Å². The molecule has 1 atom stereocenters. The monoisotopic (exact) mass is 368 g/mol. The maximum absolute atomic E-state index is 12.5. The molecular weight excluding hydrogens is 340 g/mol. The lowest BCUT2D eigenvalue weighted by Crippen LogP contribution is -2.48. The summed E-state index contributed by atoms with van der Waals surface area (Å²) < 4.78 is 1.95. The predicted octanol–water partition coefficient (Wildman–Crippen LogP) is 2.68. The first-order valence-electron chi connectivity index (χ1n) is 9.63. The Balaban J connectivity index is 1.58. The fourth-order valence-corrected chi connectivity index (χ4v) is 3.50. The van der Waals surface area contributed by atoms with Crippen molar-refractivity contribution in [2.75, 3.05) is 13.1 Å². The summed E-state index contributed by atoms with van der Waals surface area (Å²) in [6, 6.07) is 9.00. The highest BCUT2D eigenvalue weighted by atomic mass is 16.2. The van der Waals surface area contributed by atoms with Crippen LogP contribution in [0.25, 0.3) is 0 Å². The number of piperidine rings is 1. The molecule has 0 radical (unpaired) electrons. The average Bonchev–Trinajstić information content (AvgIpc) is 2.99. The van der Waals surface area contributed by atoms with Crippen LogP contribution in [0.3, 0.4) is 0 Å². The van der Waals surface area contributed by atoms with Gasteiger partial charge in [0.2, 0.25) is 5.91 Å². The number of amides is 2. The fourth-order valence-electron chi connectivity index (χ4n) is 3.50. The number of benzene rings is 1. The number of aryl methyl sites for hydroxylation is 2. The molecule has 1 aliphatic rings. The van der Waals surface area contributed by atoms with E-state index in [0.29, 0.717) is 12.1 Å². The number of likely N-dealkylation sites (tertiary alicyclic amines) is 1. The summed E-state index contributed by atoms with van der Waals surface area (Å²) >= 11 is 0. The van der Waals surface area contributed by atoms with E-state index in [1.807, 2.05) is 41.6 Å². The highest BCUT2D eigenvalue weighted by Crippen LogP contribution is 2.12. The largest absolute Gasteiger partial charge is 0.341 e. The molecule has 2 aromatic rings. The zero-order valence-electron chi connectivity index (χ0n) is 16.4. The molecule has 1 fully saturated rings. The standard InChI is InChI=1S/C21H28N4O2/c1-15-13-16(2)25(23-15)14-18-7-9-19(10-8-18)20(26)22-17(3)21(27)24-11-5-4-6-12-24/h7-10,13,17H,4-6,11-12,14H2,1-3H3,(H,22,26). The van der Waals surface area contributed by atoms with Gasteiger partial charge in [-0.15, -0.1) is 0 Å². The van der Waals surface area contributed by atoms with Crippen LogP contribution in [0, 0.1) is 13.8 Å². The van der Waals surface area contributed by atoms with Crippen molar-refractivity contribution in [3.8, 4) is 0 Å². The maximum atomic E-state index is 12.5. The second-order valence-corrected chi connectivity index (χ2v) is 7.36. The summed E-state index contributed by atoms with van der Waals surface area (Å²) in [4.78, 5) is 26.8. The smallest absolute Gasteiger partial charge is 0.251 e. The van der Waals surface area contributed by atoms with Gasteiger partial charge in [-0.2, -0.15) is 5.10 Å². The molecule has 2 amide bonds. The summed E-state index contributed by atoms with van der Waals surface area (Å²) in [7, 11) is 0. The molecule has 27 heavy (non-hydrogen) atoms. The Labute approximate surface area is 160 Å². The van der Waals surface area contributed by atoms with Crippen molar-refractivity contribution in [2.45, 2.75) is 52.6 Å². The Morgan fingerprint density at radius 1 is 1.11 bits per heavy atom. The number of hydrogen-bond acceptors (Lipinski definition) is 3. The van der Waals surface area contributed by atoms with E-state index in [4.69, 9.17) is 0 Å². The Morgan fingerprint density at radius 2 is 1.78 bits per heavy atom. The molecule has 0 bridgehead atoms. The maximum Gasteiger partial charge on any atom is 0.251 e. The lowest BCUT2D eigenvalue weighted by molar-refractivity contribution is -0.133. The Bertz CT molecular complexity index is 804. The summed E-state index contributed by atoms with van der Waals surface area (Å²) in [5.74, 6) is -0.213. The van der Waals surface area contributed by atoms with Crippen LogP contribution in [0.15, 0.2) is 30.3 Å². The van der Waals surface area contributed by atoms with Crippen molar-refractivity contribution in [3.63, 3.8) is 0 Å². The molecule has 1 aromatic carbocycles. The van der Waals surface area contributed by atoms with E-state index in [2.05, 4.69) is 10.4 Å². The van der Waals surface area contributed by atoms with Crippen LogP contribution in [-0.2, 0) is 11.3 Å². The summed E-state index contributed by atoms with van der Waals surface area (Å²) in [6.07, 6.45) is 3.26. The first kappa shape index (κ1) is 19.1. The molecule has 6 heteroatoms. The van der Waals surface area contributed by atoms with Gasteiger partial charge in [0.25, 0.3) is 5.91 Å². The van der Waals surface area contributed by atoms with Crippen molar-refractivity contribution in [1.29, 1.82) is 0 Å².